The summed E-state index contributed by atoms with van der Waals surface area (Å²) in [6.07, 6.45) is 78.2. The molecule has 1 atom stereocenters. The molecular weight excluding hydrogens is 913 g/mol. The van der Waals surface area contributed by atoms with Crippen LogP contribution < -0.4 is 0 Å². The average molecular weight is 1040 g/mol. The lowest BCUT2D eigenvalue weighted by Gasteiger charge is -2.18. The summed E-state index contributed by atoms with van der Waals surface area (Å²) in [7, 11) is 0. The SMILES string of the molecule is CCCCC/C=C\C/C=C\CCCCCCCCCCCC(=O)OC(COC(=O)CCCCCCCCC/C=C\C/C=C\CCCCC)COC(=O)CCCCCCCCCCCCCCCCCCCCCC. The highest BCUT2D eigenvalue weighted by Gasteiger charge is 2.19. The van der Waals surface area contributed by atoms with Crippen LogP contribution in [0.2, 0.25) is 0 Å². The zero-order chi connectivity index (χ0) is 53.6. The standard InChI is InChI=1S/C68H124O6/c1-4-7-10-13-16-19-22-25-28-31-33-35-37-40-43-46-49-52-55-58-61-67(70)73-64-65(63-72-66(69)60-57-54-51-48-45-42-39-36-30-27-24-21-18-15-12-9-6-3)74-68(71)62-59-56-53-50-47-44-41-38-34-32-29-26-23-20-17-14-11-8-5-2/h17-18,20-21,26-27,29-30,65H,4-16,19,22-25,28,31-64H2,1-3H3/b20-17-,21-18-,29-26-,30-27-. The van der Waals surface area contributed by atoms with Crippen LogP contribution in [0.5, 0.6) is 0 Å². The zero-order valence-corrected chi connectivity index (χ0v) is 49.6. The van der Waals surface area contributed by atoms with Crippen molar-refractivity contribution < 1.29 is 28.6 Å². The fourth-order valence-corrected chi connectivity index (χ4v) is 9.62. The van der Waals surface area contributed by atoms with Gasteiger partial charge < -0.3 is 14.2 Å². The molecule has 0 aromatic carbocycles. The third-order valence-electron chi connectivity index (χ3n) is 14.6. The zero-order valence-electron chi connectivity index (χ0n) is 49.6. The minimum Gasteiger partial charge on any atom is -0.462 e. The average Bonchev–Trinajstić information content (AvgIpc) is 3.40. The quantitative estimate of drug-likeness (QED) is 0.0261. The Bertz CT molecular complexity index is 1280. The molecule has 0 aliphatic carbocycles. The first kappa shape index (κ1) is 71.4. The molecule has 0 aromatic rings. The topological polar surface area (TPSA) is 78.9 Å². The molecular formula is C68H124O6. The minimum absolute atomic E-state index is 0.0736. The number of hydrogen-bond donors (Lipinski definition) is 0. The number of unbranched alkanes of at least 4 members (excludes halogenated alkanes) is 41. The van der Waals surface area contributed by atoms with Gasteiger partial charge in [-0.2, -0.15) is 0 Å². The molecule has 6 nitrogen and oxygen atoms in total. The van der Waals surface area contributed by atoms with Gasteiger partial charge in [-0.05, 0) is 83.5 Å². The predicted octanol–water partition coefficient (Wildman–Crippen LogP) is 22.2. The summed E-state index contributed by atoms with van der Waals surface area (Å²) in [4.78, 5) is 38.4. The van der Waals surface area contributed by atoms with E-state index in [0.29, 0.717) is 19.3 Å². The number of hydrogen-bond acceptors (Lipinski definition) is 6. The van der Waals surface area contributed by atoms with Crippen molar-refractivity contribution in [3.05, 3.63) is 48.6 Å². The second-order valence-corrected chi connectivity index (χ2v) is 22.0. The molecule has 6 heteroatoms. The van der Waals surface area contributed by atoms with Gasteiger partial charge >= 0.3 is 17.9 Å². The molecule has 0 rings (SSSR count). The normalized spacial score (nSPS) is 12.3. The third-order valence-corrected chi connectivity index (χ3v) is 14.6. The van der Waals surface area contributed by atoms with Gasteiger partial charge in [-0.3, -0.25) is 14.4 Å². The summed E-state index contributed by atoms with van der Waals surface area (Å²) in [6.45, 7) is 6.64. The first-order valence-electron chi connectivity index (χ1n) is 32.6. The molecule has 0 N–H and O–H groups in total. The molecule has 74 heavy (non-hydrogen) atoms. The van der Waals surface area contributed by atoms with E-state index >= 15 is 0 Å². The predicted molar refractivity (Wildman–Crippen MR) is 321 cm³/mol. The fraction of sp³-hybridized carbons (Fsp3) is 0.838. The largest absolute Gasteiger partial charge is 0.462 e. The maximum atomic E-state index is 12.9. The Morgan fingerprint density at radius 2 is 0.486 bits per heavy atom. The Morgan fingerprint density at radius 3 is 0.770 bits per heavy atom. The second kappa shape index (κ2) is 62.9. The molecule has 1 unspecified atom stereocenters. The van der Waals surface area contributed by atoms with E-state index in [9.17, 15) is 14.4 Å². The Labute approximate surface area is 460 Å². The van der Waals surface area contributed by atoms with Gasteiger partial charge in [0.2, 0.25) is 0 Å². The summed E-state index contributed by atoms with van der Waals surface area (Å²) >= 11 is 0. The molecule has 0 aromatic heterocycles. The van der Waals surface area contributed by atoms with E-state index in [1.807, 2.05) is 0 Å². The molecule has 0 fully saturated rings. The fourth-order valence-electron chi connectivity index (χ4n) is 9.62. The van der Waals surface area contributed by atoms with E-state index in [1.165, 1.54) is 231 Å². The first-order chi connectivity index (χ1) is 36.5. The van der Waals surface area contributed by atoms with Crippen molar-refractivity contribution in [1.82, 2.24) is 0 Å². The van der Waals surface area contributed by atoms with Gasteiger partial charge in [0.1, 0.15) is 13.2 Å². The smallest absolute Gasteiger partial charge is 0.306 e. The Kier molecular flexibility index (Phi) is 60.7. The van der Waals surface area contributed by atoms with Gasteiger partial charge in [0, 0.05) is 19.3 Å². The molecule has 0 bridgehead atoms. The molecule has 0 radical (unpaired) electrons. The molecule has 0 heterocycles. The van der Waals surface area contributed by atoms with E-state index in [1.54, 1.807) is 0 Å². The molecule has 432 valence electrons. The lowest BCUT2D eigenvalue weighted by Crippen LogP contribution is -2.30. The number of rotatable bonds is 60. The van der Waals surface area contributed by atoms with Crippen molar-refractivity contribution in [2.24, 2.45) is 0 Å². The van der Waals surface area contributed by atoms with Crippen LogP contribution in [0.25, 0.3) is 0 Å². The third kappa shape index (κ3) is 60.2. The van der Waals surface area contributed by atoms with Crippen LogP contribution in [0.3, 0.4) is 0 Å². The van der Waals surface area contributed by atoms with Crippen LogP contribution in [0.15, 0.2) is 48.6 Å². The van der Waals surface area contributed by atoms with Crippen LogP contribution in [0.4, 0.5) is 0 Å². The van der Waals surface area contributed by atoms with Gasteiger partial charge in [-0.15, -0.1) is 0 Å². The summed E-state index contributed by atoms with van der Waals surface area (Å²) in [5.74, 6) is -0.863. The lowest BCUT2D eigenvalue weighted by atomic mass is 10.0. The summed E-state index contributed by atoms with van der Waals surface area (Å²) in [5, 5.41) is 0. The summed E-state index contributed by atoms with van der Waals surface area (Å²) in [6, 6.07) is 0. The molecule has 0 aliphatic rings. The number of esters is 3. The van der Waals surface area contributed by atoms with Crippen molar-refractivity contribution in [1.29, 1.82) is 0 Å². The molecule has 0 saturated carbocycles. The number of carbonyl (C=O) groups is 3. The van der Waals surface area contributed by atoms with E-state index in [4.69, 9.17) is 14.2 Å². The van der Waals surface area contributed by atoms with Crippen molar-refractivity contribution in [2.75, 3.05) is 13.2 Å². The van der Waals surface area contributed by atoms with Crippen molar-refractivity contribution in [3.63, 3.8) is 0 Å². The number of ether oxygens (including phenoxy) is 3. The Morgan fingerprint density at radius 1 is 0.270 bits per heavy atom. The van der Waals surface area contributed by atoms with Crippen LogP contribution >= 0.6 is 0 Å². The van der Waals surface area contributed by atoms with Crippen LogP contribution in [0.1, 0.15) is 348 Å². The van der Waals surface area contributed by atoms with E-state index in [2.05, 4.69) is 69.4 Å². The van der Waals surface area contributed by atoms with Crippen LogP contribution in [-0.4, -0.2) is 37.2 Å². The Balaban J connectivity index is 4.34. The first-order valence-corrected chi connectivity index (χ1v) is 32.6. The maximum absolute atomic E-state index is 12.9. The highest BCUT2D eigenvalue weighted by molar-refractivity contribution is 5.71. The van der Waals surface area contributed by atoms with Gasteiger partial charge in [0.15, 0.2) is 6.10 Å². The lowest BCUT2D eigenvalue weighted by molar-refractivity contribution is -0.167. The molecule has 0 spiro atoms. The van der Waals surface area contributed by atoms with E-state index < -0.39 is 6.10 Å². The van der Waals surface area contributed by atoms with Gasteiger partial charge in [-0.1, -0.05) is 294 Å². The van der Waals surface area contributed by atoms with Crippen molar-refractivity contribution >= 4 is 17.9 Å². The van der Waals surface area contributed by atoms with Crippen molar-refractivity contribution in [3.8, 4) is 0 Å². The molecule has 0 aliphatic heterocycles. The monoisotopic (exact) mass is 1040 g/mol. The minimum atomic E-state index is -0.778. The van der Waals surface area contributed by atoms with Gasteiger partial charge in [0.05, 0.1) is 0 Å². The molecule has 0 saturated heterocycles. The maximum Gasteiger partial charge on any atom is 0.306 e. The highest BCUT2D eigenvalue weighted by atomic mass is 16.6. The highest BCUT2D eigenvalue weighted by Crippen LogP contribution is 2.17. The second-order valence-electron chi connectivity index (χ2n) is 22.0. The van der Waals surface area contributed by atoms with Crippen molar-refractivity contribution in [2.45, 2.75) is 354 Å². The van der Waals surface area contributed by atoms with Gasteiger partial charge in [-0.25, -0.2) is 0 Å². The summed E-state index contributed by atoms with van der Waals surface area (Å²) < 4.78 is 17.0. The number of allylic oxidation sites excluding steroid dienone is 8. The Hall–Kier alpha value is -2.63. The number of carbonyl (C=O) groups excluding carboxylic acids is 3. The van der Waals surface area contributed by atoms with Gasteiger partial charge in [0.25, 0.3) is 0 Å². The van der Waals surface area contributed by atoms with Crippen LogP contribution in [-0.2, 0) is 28.6 Å². The summed E-state index contributed by atoms with van der Waals surface area (Å²) in [5.41, 5.74) is 0. The van der Waals surface area contributed by atoms with E-state index in [-0.39, 0.29) is 31.1 Å². The molecule has 0 amide bonds. The van der Waals surface area contributed by atoms with E-state index in [0.717, 1.165) is 77.0 Å². The van der Waals surface area contributed by atoms with Crippen LogP contribution in [0, 0.1) is 0 Å².